The van der Waals surface area contributed by atoms with Gasteiger partial charge in [0.15, 0.2) is 9.84 Å². The van der Waals surface area contributed by atoms with Crippen molar-refractivity contribution >= 4 is 21.3 Å². The van der Waals surface area contributed by atoms with Crippen molar-refractivity contribution in [3.8, 4) is 16.9 Å². The number of halogens is 3. The molecule has 0 atom stereocenters. The number of hydrogen-bond acceptors (Lipinski definition) is 6. The molecule has 11 heteroatoms. The third kappa shape index (κ3) is 5.30. The van der Waals surface area contributed by atoms with Crippen LogP contribution < -0.4 is 10.1 Å². The highest BCUT2D eigenvalue weighted by atomic mass is 32.2. The van der Waals surface area contributed by atoms with E-state index in [0.717, 1.165) is 23.0 Å². The van der Waals surface area contributed by atoms with Crippen LogP contribution in [-0.4, -0.2) is 40.4 Å². The summed E-state index contributed by atoms with van der Waals surface area (Å²) in [4.78, 5) is 8.49. The number of alkyl halides is 3. The van der Waals surface area contributed by atoms with Gasteiger partial charge in [0.25, 0.3) is 0 Å². The second kappa shape index (κ2) is 9.45. The Labute approximate surface area is 205 Å². The number of aromatic nitrogens is 3. The van der Waals surface area contributed by atoms with E-state index < -0.39 is 27.2 Å². The van der Waals surface area contributed by atoms with Crippen LogP contribution in [0.4, 0.5) is 19.0 Å². The number of imidazole rings is 1. The van der Waals surface area contributed by atoms with Crippen LogP contribution in [0.1, 0.15) is 25.7 Å². The second-order valence-corrected chi connectivity index (χ2v) is 11.0. The topological polar surface area (TPSA) is 85.6 Å². The quantitative estimate of drug-likeness (QED) is 0.365. The van der Waals surface area contributed by atoms with Crippen LogP contribution in [0.15, 0.2) is 78.2 Å². The van der Waals surface area contributed by atoms with E-state index in [1.807, 2.05) is 41.1 Å². The average molecular weight is 517 g/mol. The molecule has 0 saturated heterocycles. The Bertz CT molecular complexity index is 1440. The minimum absolute atomic E-state index is 0.0150. The highest BCUT2D eigenvalue weighted by Gasteiger charge is 2.33. The van der Waals surface area contributed by atoms with Gasteiger partial charge in [0, 0.05) is 24.6 Å². The molecule has 1 aliphatic carbocycles. The molecule has 4 aromatic rings. The summed E-state index contributed by atoms with van der Waals surface area (Å²) in [5.41, 5.74) is 2.71. The standard InChI is InChI=1S/C25H23F3N4O3S/c26-25(27,28)35-20-6-11-23(30-15-20)31-19-4-9-22(10-5-19)36(33,34)21-7-1-17(2-8-21)18-3-12-24-29-13-14-32(24)16-18/h1-3,6-8,11-16,19,22H,4-5,9-10H2,(H,30,31)/t19-,22-. The third-order valence-electron chi connectivity index (χ3n) is 6.34. The maximum Gasteiger partial charge on any atom is 0.573 e. The van der Waals surface area contributed by atoms with E-state index in [2.05, 4.69) is 20.0 Å². The van der Waals surface area contributed by atoms with Crippen LogP contribution >= 0.6 is 0 Å². The van der Waals surface area contributed by atoms with Gasteiger partial charge in [-0.25, -0.2) is 18.4 Å². The molecular weight excluding hydrogens is 493 g/mol. The van der Waals surface area contributed by atoms with Crippen LogP contribution in [0.2, 0.25) is 0 Å². The van der Waals surface area contributed by atoms with Gasteiger partial charge in [-0.05, 0) is 73.2 Å². The molecule has 5 rings (SSSR count). The summed E-state index contributed by atoms with van der Waals surface area (Å²) in [5, 5.41) is 2.68. The van der Waals surface area contributed by atoms with E-state index in [1.165, 1.54) is 12.1 Å². The van der Waals surface area contributed by atoms with Crippen LogP contribution in [-0.2, 0) is 9.84 Å². The van der Waals surface area contributed by atoms with E-state index >= 15 is 0 Å². The van der Waals surface area contributed by atoms with Crippen molar-refractivity contribution in [2.75, 3.05) is 5.32 Å². The average Bonchev–Trinajstić information content (AvgIpc) is 3.33. The zero-order valence-corrected chi connectivity index (χ0v) is 19.8. The maximum absolute atomic E-state index is 13.2. The van der Waals surface area contributed by atoms with Crippen LogP contribution in [0.3, 0.4) is 0 Å². The second-order valence-electron chi connectivity index (χ2n) is 8.72. The van der Waals surface area contributed by atoms with E-state index in [9.17, 15) is 21.6 Å². The van der Waals surface area contributed by atoms with Crippen molar-refractivity contribution in [3.05, 3.63) is 73.3 Å². The van der Waals surface area contributed by atoms with Gasteiger partial charge in [-0.15, -0.1) is 13.2 Å². The molecule has 3 aromatic heterocycles. The van der Waals surface area contributed by atoms with Crippen molar-refractivity contribution in [2.45, 2.75) is 48.2 Å². The van der Waals surface area contributed by atoms with Gasteiger partial charge in [0.05, 0.1) is 16.3 Å². The highest BCUT2D eigenvalue weighted by Crippen LogP contribution is 2.32. The Morgan fingerprint density at radius 1 is 0.917 bits per heavy atom. The van der Waals surface area contributed by atoms with Gasteiger partial charge in [-0.2, -0.15) is 0 Å². The summed E-state index contributed by atoms with van der Waals surface area (Å²) >= 11 is 0. The molecule has 7 nitrogen and oxygen atoms in total. The molecule has 0 spiro atoms. The summed E-state index contributed by atoms with van der Waals surface area (Å²) in [6, 6.07) is 13.4. The number of nitrogens with one attached hydrogen (secondary N) is 1. The lowest BCUT2D eigenvalue weighted by atomic mass is 9.95. The zero-order valence-electron chi connectivity index (χ0n) is 19.0. The molecule has 0 bridgehead atoms. The Kier molecular flexibility index (Phi) is 6.33. The first kappa shape index (κ1) is 24.1. The fourth-order valence-corrected chi connectivity index (χ4v) is 6.30. The lowest BCUT2D eigenvalue weighted by molar-refractivity contribution is -0.274. The Balaban J connectivity index is 1.19. The van der Waals surface area contributed by atoms with Crippen LogP contribution in [0.25, 0.3) is 16.8 Å². The number of anilines is 1. The van der Waals surface area contributed by atoms with Crippen molar-refractivity contribution in [1.82, 2.24) is 14.4 Å². The predicted molar refractivity (Wildman–Crippen MR) is 128 cm³/mol. The van der Waals surface area contributed by atoms with Crippen molar-refractivity contribution in [3.63, 3.8) is 0 Å². The lowest BCUT2D eigenvalue weighted by Gasteiger charge is -2.29. The monoisotopic (exact) mass is 516 g/mol. The van der Waals surface area contributed by atoms with Crippen molar-refractivity contribution in [2.24, 2.45) is 0 Å². The van der Waals surface area contributed by atoms with Gasteiger partial charge in [0.1, 0.15) is 17.2 Å². The summed E-state index contributed by atoms with van der Waals surface area (Å²) in [6.07, 6.45) is 3.94. The Hall–Kier alpha value is -3.60. The number of nitrogens with zero attached hydrogens (tertiary/aromatic N) is 3. The van der Waals surface area contributed by atoms with Gasteiger partial charge in [-0.1, -0.05) is 12.1 Å². The summed E-state index contributed by atoms with van der Waals surface area (Å²) in [7, 11) is -3.49. The Morgan fingerprint density at radius 3 is 2.31 bits per heavy atom. The molecule has 1 aliphatic rings. The molecule has 0 aliphatic heterocycles. The molecule has 0 amide bonds. The van der Waals surface area contributed by atoms with Gasteiger partial charge >= 0.3 is 6.36 Å². The van der Waals surface area contributed by atoms with Gasteiger partial charge in [0.2, 0.25) is 0 Å². The summed E-state index contributed by atoms with van der Waals surface area (Å²) in [5.74, 6) is 0.0245. The molecule has 0 unspecified atom stereocenters. The first-order chi connectivity index (χ1) is 17.2. The van der Waals surface area contributed by atoms with E-state index in [4.69, 9.17) is 0 Å². The molecule has 188 valence electrons. The number of sulfone groups is 1. The van der Waals surface area contributed by atoms with Crippen LogP contribution in [0.5, 0.6) is 5.75 Å². The fraction of sp³-hybridized carbons (Fsp3) is 0.280. The normalized spacial score (nSPS) is 18.8. The number of ether oxygens (including phenoxy) is 1. The highest BCUT2D eigenvalue weighted by molar-refractivity contribution is 7.92. The van der Waals surface area contributed by atoms with E-state index in [1.54, 1.807) is 18.3 Å². The van der Waals surface area contributed by atoms with Crippen molar-refractivity contribution in [1.29, 1.82) is 0 Å². The molecule has 1 fully saturated rings. The molecule has 1 saturated carbocycles. The van der Waals surface area contributed by atoms with Crippen LogP contribution in [0, 0.1) is 0 Å². The third-order valence-corrected chi connectivity index (χ3v) is 8.62. The smallest absolute Gasteiger partial charge is 0.404 e. The molecular formula is C25H23F3N4O3S. The number of rotatable bonds is 6. The fourth-order valence-electron chi connectivity index (χ4n) is 4.51. The molecule has 3 heterocycles. The molecule has 0 radical (unpaired) electrons. The number of pyridine rings is 2. The van der Waals surface area contributed by atoms with Gasteiger partial charge in [-0.3, -0.25) is 0 Å². The first-order valence-corrected chi connectivity index (χ1v) is 13.0. The lowest BCUT2D eigenvalue weighted by Crippen LogP contribution is -2.33. The Morgan fingerprint density at radius 2 is 1.64 bits per heavy atom. The zero-order chi connectivity index (χ0) is 25.3. The molecule has 1 aromatic carbocycles. The predicted octanol–water partition coefficient (Wildman–Crippen LogP) is 5.49. The van der Waals surface area contributed by atoms with Crippen molar-refractivity contribution < 1.29 is 26.3 Å². The van der Waals surface area contributed by atoms with E-state index in [0.29, 0.717) is 36.4 Å². The van der Waals surface area contributed by atoms with Gasteiger partial charge < -0.3 is 14.5 Å². The number of fused-ring (bicyclic) bond motifs is 1. The summed E-state index contributed by atoms with van der Waals surface area (Å²) in [6.45, 7) is 0. The van der Waals surface area contributed by atoms with E-state index in [-0.39, 0.29) is 6.04 Å². The largest absolute Gasteiger partial charge is 0.573 e. The number of benzene rings is 1. The summed E-state index contributed by atoms with van der Waals surface area (Å²) < 4.78 is 69.1. The minimum Gasteiger partial charge on any atom is -0.404 e. The minimum atomic E-state index is -4.77. The first-order valence-electron chi connectivity index (χ1n) is 11.4. The maximum atomic E-state index is 13.2. The molecule has 36 heavy (non-hydrogen) atoms. The number of hydrogen-bond donors (Lipinski definition) is 1. The SMILES string of the molecule is O=S(=O)(c1ccc(-c2ccc3nccn3c2)cc1)[C@H]1CC[C@H](Nc2ccc(OC(F)(F)F)cn2)CC1. The molecule has 1 N–H and O–H groups in total.